The fourth-order valence-corrected chi connectivity index (χ4v) is 3.04. The molecule has 0 atom stereocenters. The minimum absolute atomic E-state index is 0.0518. The van der Waals surface area contributed by atoms with E-state index in [1.165, 1.54) is 23.7 Å². The van der Waals surface area contributed by atoms with Crippen LogP contribution in [0.1, 0.15) is 0 Å². The molecule has 0 bridgehead atoms. The first-order chi connectivity index (χ1) is 13.0. The summed E-state index contributed by atoms with van der Waals surface area (Å²) in [6, 6.07) is 11.8. The number of para-hydroxylation sites is 1. The molecule has 0 radical (unpaired) electrons. The highest BCUT2D eigenvalue weighted by Gasteiger charge is 2.21. The molecule has 2 aromatic heterocycles. The summed E-state index contributed by atoms with van der Waals surface area (Å²) < 4.78 is 21.0. The molecule has 0 unspecified atom stereocenters. The number of carbonyl (C=O) groups excluding carboxylic acids is 1. The Hall–Kier alpha value is -3.68. The Balaban J connectivity index is 2.16. The lowest BCUT2D eigenvalue weighted by atomic mass is 10.2. The van der Waals surface area contributed by atoms with Crippen molar-refractivity contribution in [2.45, 2.75) is 6.54 Å². The van der Waals surface area contributed by atoms with E-state index in [1.54, 1.807) is 24.3 Å². The molecule has 0 saturated heterocycles. The predicted molar refractivity (Wildman–Crippen MR) is 97.6 cm³/mol. The van der Waals surface area contributed by atoms with Crippen LogP contribution in [0.2, 0.25) is 0 Å². The average molecular weight is 367 g/mol. The largest absolute Gasteiger partial charge is 0.449 e. The van der Waals surface area contributed by atoms with Crippen molar-refractivity contribution < 1.29 is 13.6 Å². The second kappa shape index (κ2) is 6.24. The zero-order chi connectivity index (χ0) is 19.1. The van der Waals surface area contributed by atoms with Gasteiger partial charge in [0.2, 0.25) is 11.5 Å². The number of furan rings is 1. The number of nitrogens with one attached hydrogen (secondary N) is 1. The third-order valence-electron chi connectivity index (χ3n) is 4.32. The highest BCUT2D eigenvalue weighted by molar-refractivity contribution is 6.02. The number of nitrogens with zero attached hydrogens (tertiary/aromatic N) is 2. The van der Waals surface area contributed by atoms with Crippen LogP contribution in [0.3, 0.4) is 0 Å². The van der Waals surface area contributed by atoms with Gasteiger partial charge in [0, 0.05) is 12.4 Å². The number of likely N-dealkylation sites (N-methyl/N-ethyl adjacent to an activating group) is 1. The van der Waals surface area contributed by atoms with Crippen LogP contribution in [0.4, 0.5) is 4.39 Å². The lowest BCUT2D eigenvalue weighted by Gasteiger charge is -2.11. The normalized spacial score (nSPS) is 11.2. The summed E-state index contributed by atoms with van der Waals surface area (Å²) in [7, 11) is 1.45. The molecule has 8 heteroatoms. The van der Waals surface area contributed by atoms with Gasteiger partial charge in [-0.3, -0.25) is 14.2 Å². The Labute approximate surface area is 151 Å². The molecule has 0 spiro atoms. The van der Waals surface area contributed by atoms with Crippen molar-refractivity contribution in [2.75, 3.05) is 7.05 Å². The van der Waals surface area contributed by atoms with Crippen LogP contribution in [-0.4, -0.2) is 22.1 Å². The number of hydrogen-bond donors (Lipinski definition) is 1. The molecule has 0 aliphatic rings. The van der Waals surface area contributed by atoms with E-state index in [1.807, 2.05) is 0 Å². The van der Waals surface area contributed by atoms with Gasteiger partial charge in [0.25, 0.3) is 0 Å². The van der Waals surface area contributed by atoms with Gasteiger partial charge >= 0.3 is 11.2 Å². The number of aromatic nitrogens is 2. The molecule has 27 heavy (non-hydrogen) atoms. The highest BCUT2D eigenvalue weighted by Crippen LogP contribution is 2.25. The van der Waals surface area contributed by atoms with Crippen molar-refractivity contribution in [1.29, 1.82) is 0 Å². The van der Waals surface area contributed by atoms with E-state index in [0.717, 1.165) is 16.7 Å². The standard InChI is InChI=1S/C19H14FN3O4/c1-21-15(24)10-22-16-13-4-2-3-5-14(13)27-17(16)18(25)23(19(22)26)12-8-6-11(20)7-9-12/h2-9H,10H2,1H3,(H,21,24). The maximum absolute atomic E-state index is 13.3. The Kier molecular flexibility index (Phi) is 3.88. The van der Waals surface area contributed by atoms with Crippen molar-refractivity contribution in [3.8, 4) is 5.69 Å². The lowest BCUT2D eigenvalue weighted by Crippen LogP contribution is -2.41. The van der Waals surface area contributed by atoms with Gasteiger partial charge in [-0.25, -0.2) is 13.8 Å². The summed E-state index contributed by atoms with van der Waals surface area (Å²) in [5.41, 5.74) is -0.585. The van der Waals surface area contributed by atoms with Crippen LogP contribution < -0.4 is 16.6 Å². The molecular weight excluding hydrogens is 353 g/mol. The van der Waals surface area contributed by atoms with E-state index in [4.69, 9.17) is 4.42 Å². The van der Waals surface area contributed by atoms with Gasteiger partial charge in [0.15, 0.2) is 0 Å². The zero-order valence-electron chi connectivity index (χ0n) is 14.2. The van der Waals surface area contributed by atoms with E-state index in [0.29, 0.717) is 11.0 Å². The Morgan fingerprint density at radius 2 is 1.81 bits per heavy atom. The molecule has 0 aliphatic heterocycles. The molecule has 7 nitrogen and oxygen atoms in total. The van der Waals surface area contributed by atoms with Crippen molar-refractivity contribution in [1.82, 2.24) is 14.5 Å². The van der Waals surface area contributed by atoms with Crippen LogP contribution in [-0.2, 0) is 11.3 Å². The number of rotatable bonds is 3. The second-order valence-corrected chi connectivity index (χ2v) is 5.93. The van der Waals surface area contributed by atoms with Crippen molar-refractivity contribution in [3.63, 3.8) is 0 Å². The summed E-state index contributed by atoms with van der Waals surface area (Å²) in [6.07, 6.45) is 0. The molecule has 4 rings (SSSR count). The molecule has 136 valence electrons. The first kappa shape index (κ1) is 16.8. The Morgan fingerprint density at radius 1 is 1.11 bits per heavy atom. The number of fused-ring (bicyclic) bond motifs is 3. The van der Waals surface area contributed by atoms with Gasteiger partial charge in [-0.05, 0) is 36.4 Å². The first-order valence-electron chi connectivity index (χ1n) is 8.15. The van der Waals surface area contributed by atoms with Crippen LogP contribution in [0.25, 0.3) is 27.8 Å². The smallest absolute Gasteiger partial charge is 0.336 e. The molecule has 4 aromatic rings. The third-order valence-corrected chi connectivity index (χ3v) is 4.32. The molecule has 0 aliphatic carbocycles. The number of amides is 1. The van der Waals surface area contributed by atoms with Gasteiger partial charge in [0.1, 0.15) is 23.5 Å². The molecule has 2 heterocycles. The monoisotopic (exact) mass is 367 g/mol. The van der Waals surface area contributed by atoms with E-state index in [2.05, 4.69) is 5.32 Å². The van der Waals surface area contributed by atoms with Gasteiger partial charge in [-0.2, -0.15) is 0 Å². The first-order valence-corrected chi connectivity index (χ1v) is 8.15. The topological polar surface area (TPSA) is 86.2 Å². The summed E-state index contributed by atoms with van der Waals surface area (Å²) in [6.45, 7) is -0.295. The minimum Gasteiger partial charge on any atom is -0.449 e. The van der Waals surface area contributed by atoms with Gasteiger partial charge in [0.05, 0.1) is 5.69 Å². The molecule has 1 N–H and O–H groups in total. The summed E-state index contributed by atoms with van der Waals surface area (Å²) in [5, 5.41) is 3.01. The molecule has 0 saturated carbocycles. The summed E-state index contributed by atoms with van der Waals surface area (Å²) >= 11 is 0. The van der Waals surface area contributed by atoms with Crippen LogP contribution >= 0.6 is 0 Å². The van der Waals surface area contributed by atoms with Crippen molar-refractivity contribution in [2.24, 2.45) is 0 Å². The summed E-state index contributed by atoms with van der Waals surface area (Å²) in [5.74, 6) is -0.907. The molecule has 0 fully saturated rings. The molecule has 2 aromatic carbocycles. The maximum atomic E-state index is 13.3. The third kappa shape index (κ3) is 2.62. The zero-order valence-corrected chi connectivity index (χ0v) is 14.2. The second-order valence-electron chi connectivity index (χ2n) is 5.93. The fraction of sp³-hybridized carbons (Fsp3) is 0.105. The number of hydrogen-bond acceptors (Lipinski definition) is 4. The average Bonchev–Trinajstić information content (AvgIpc) is 3.06. The highest BCUT2D eigenvalue weighted by atomic mass is 19.1. The summed E-state index contributed by atoms with van der Waals surface area (Å²) in [4.78, 5) is 38.0. The van der Waals surface area contributed by atoms with Crippen molar-refractivity contribution >= 4 is 28.0 Å². The van der Waals surface area contributed by atoms with Crippen LogP contribution in [0.15, 0.2) is 62.5 Å². The quantitative estimate of drug-likeness (QED) is 0.598. The number of benzene rings is 2. The molecular formula is C19H14FN3O4. The SMILES string of the molecule is CNC(=O)Cn1c(=O)n(-c2ccc(F)cc2)c(=O)c2oc3ccccc3c21. The van der Waals surface area contributed by atoms with E-state index in [-0.39, 0.29) is 23.3 Å². The predicted octanol–water partition coefficient (Wildman–Crippen LogP) is 1.78. The minimum atomic E-state index is -0.714. The van der Waals surface area contributed by atoms with Gasteiger partial charge in [-0.15, -0.1) is 0 Å². The lowest BCUT2D eigenvalue weighted by molar-refractivity contribution is -0.121. The van der Waals surface area contributed by atoms with Crippen LogP contribution in [0, 0.1) is 5.82 Å². The fourth-order valence-electron chi connectivity index (χ4n) is 3.04. The van der Waals surface area contributed by atoms with Crippen molar-refractivity contribution in [3.05, 3.63) is 75.2 Å². The van der Waals surface area contributed by atoms with E-state index < -0.39 is 23.0 Å². The van der Waals surface area contributed by atoms with Gasteiger partial charge in [-0.1, -0.05) is 12.1 Å². The van der Waals surface area contributed by atoms with E-state index in [9.17, 15) is 18.8 Å². The molecule has 1 amide bonds. The Bertz CT molecular complexity index is 1300. The van der Waals surface area contributed by atoms with Gasteiger partial charge < -0.3 is 9.73 Å². The Morgan fingerprint density at radius 3 is 2.52 bits per heavy atom. The maximum Gasteiger partial charge on any atom is 0.336 e. The van der Waals surface area contributed by atoms with Crippen LogP contribution in [0.5, 0.6) is 0 Å². The number of halogens is 1. The number of carbonyl (C=O) groups is 1. The van der Waals surface area contributed by atoms with E-state index >= 15 is 0 Å².